The molecule has 104 valence electrons. The predicted octanol–water partition coefficient (Wildman–Crippen LogP) is 5.44. The molecule has 0 atom stereocenters. The van der Waals surface area contributed by atoms with Gasteiger partial charge in [-0.1, -0.05) is 23.2 Å². The average molecular weight is 335 g/mol. The molecule has 3 nitrogen and oxygen atoms in total. The van der Waals surface area contributed by atoms with Gasteiger partial charge in [0, 0.05) is 16.0 Å². The Kier molecular flexibility index (Phi) is 3.98. The van der Waals surface area contributed by atoms with Crippen LogP contribution in [0.2, 0.25) is 10.0 Å². The lowest BCUT2D eigenvalue weighted by atomic mass is 10.2. The predicted molar refractivity (Wildman–Crippen MR) is 84.6 cm³/mol. The number of aromatic nitrogens is 1. The highest BCUT2D eigenvalue weighted by atomic mass is 35.5. The molecule has 0 saturated heterocycles. The van der Waals surface area contributed by atoms with Crippen LogP contribution in [0, 0.1) is 11.3 Å². The summed E-state index contributed by atoms with van der Waals surface area (Å²) in [5, 5.41) is 12.4. The molecular formula is C15H8Cl2N2OS. The number of furan rings is 1. The maximum absolute atomic E-state index is 8.67. The van der Waals surface area contributed by atoms with Gasteiger partial charge in [0.05, 0.1) is 17.5 Å². The van der Waals surface area contributed by atoms with Crippen LogP contribution in [0.25, 0.3) is 22.8 Å². The van der Waals surface area contributed by atoms with Crippen molar-refractivity contribution >= 4 is 34.5 Å². The quantitative estimate of drug-likeness (QED) is 0.640. The second-order valence-electron chi connectivity index (χ2n) is 4.25. The first-order valence-electron chi connectivity index (χ1n) is 6.04. The van der Waals surface area contributed by atoms with Crippen molar-refractivity contribution in [2.45, 2.75) is 6.42 Å². The molecule has 0 unspecified atom stereocenters. The van der Waals surface area contributed by atoms with E-state index in [0.717, 1.165) is 16.3 Å². The third kappa shape index (κ3) is 2.96. The van der Waals surface area contributed by atoms with E-state index < -0.39 is 0 Å². The highest BCUT2D eigenvalue weighted by Gasteiger charge is 2.12. The first kappa shape index (κ1) is 14.2. The standard InChI is InChI=1S/C15H8Cl2N2OS/c16-9-1-2-10(11(17)7-9)13-3-4-14(20-13)12-8-21-15(19-12)5-6-18/h1-4,7-8H,5H2. The monoisotopic (exact) mass is 334 g/mol. The molecule has 3 rings (SSSR count). The van der Waals surface area contributed by atoms with E-state index in [9.17, 15) is 0 Å². The maximum atomic E-state index is 8.67. The number of halogens is 2. The molecule has 0 saturated carbocycles. The van der Waals surface area contributed by atoms with Crippen LogP contribution >= 0.6 is 34.5 Å². The Balaban J connectivity index is 1.94. The van der Waals surface area contributed by atoms with Gasteiger partial charge in [-0.3, -0.25) is 0 Å². The molecule has 0 bridgehead atoms. The van der Waals surface area contributed by atoms with Gasteiger partial charge < -0.3 is 4.42 Å². The number of nitriles is 1. The van der Waals surface area contributed by atoms with E-state index in [0.29, 0.717) is 28.0 Å². The minimum atomic E-state index is 0.307. The lowest BCUT2D eigenvalue weighted by Crippen LogP contribution is -1.79. The molecule has 3 aromatic rings. The Morgan fingerprint density at radius 1 is 1.19 bits per heavy atom. The summed E-state index contributed by atoms with van der Waals surface area (Å²) in [5.41, 5.74) is 1.50. The summed E-state index contributed by atoms with van der Waals surface area (Å²) in [6, 6.07) is 11.0. The molecular weight excluding hydrogens is 327 g/mol. The van der Waals surface area contributed by atoms with Gasteiger partial charge in [0.25, 0.3) is 0 Å². The molecule has 0 fully saturated rings. The molecule has 0 N–H and O–H groups in total. The lowest BCUT2D eigenvalue weighted by Gasteiger charge is -2.01. The number of nitrogens with zero attached hydrogens (tertiary/aromatic N) is 2. The molecule has 21 heavy (non-hydrogen) atoms. The highest BCUT2D eigenvalue weighted by molar-refractivity contribution is 7.10. The highest BCUT2D eigenvalue weighted by Crippen LogP contribution is 2.34. The van der Waals surface area contributed by atoms with Crippen molar-refractivity contribution < 1.29 is 4.42 Å². The number of benzene rings is 1. The summed E-state index contributed by atoms with van der Waals surface area (Å²) < 4.78 is 5.80. The van der Waals surface area contributed by atoms with Gasteiger partial charge in [-0.25, -0.2) is 4.98 Å². The molecule has 0 aliphatic rings. The van der Waals surface area contributed by atoms with E-state index in [2.05, 4.69) is 11.1 Å². The molecule has 0 spiro atoms. The Hall–Kier alpha value is -1.80. The van der Waals surface area contributed by atoms with Crippen molar-refractivity contribution in [3.63, 3.8) is 0 Å². The van der Waals surface area contributed by atoms with Crippen LogP contribution < -0.4 is 0 Å². The Morgan fingerprint density at radius 3 is 2.76 bits per heavy atom. The van der Waals surface area contributed by atoms with Crippen LogP contribution in [-0.2, 0) is 6.42 Å². The zero-order chi connectivity index (χ0) is 14.8. The molecule has 1 aromatic carbocycles. The van der Waals surface area contributed by atoms with Gasteiger partial charge in [0.15, 0.2) is 5.76 Å². The zero-order valence-electron chi connectivity index (χ0n) is 10.6. The molecule has 0 radical (unpaired) electrons. The smallest absolute Gasteiger partial charge is 0.154 e. The number of hydrogen-bond acceptors (Lipinski definition) is 4. The van der Waals surface area contributed by atoms with Crippen LogP contribution in [-0.4, -0.2) is 4.98 Å². The first-order valence-corrected chi connectivity index (χ1v) is 7.68. The van der Waals surface area contributed by atoms with E-state index in [-0.39, 0.29) is 0 Å². The minimum Gasteiger partial charge on any atom is -0.454 e. The molecule has 6 heteroatoms. The number of rotatable bonds is 3. The number of thiazole rings is 1. The van der Waals surface area contributed by atoms with E-state index in [1.807, 2.05) is 23.6 Å². The molecule has 2 aromatic heterocycles. The van der Waals surface area contributed by atoms with Gasteiger partial charge >= 0.3 is 0 Å². The van der Waals surface area contributed by atoms with E-state index in [1.54, 1.807) is 12.1 Å². The van der Waals surface area contributed by atoms with Crippen molar-refractivity contribution in [3.05, 3.63) is 50.8 Å². The van der Waals surface area contributed by atoms with Crippen LogP contribution in [0.15, 0.2) is 40.1 Å². The summed E-state index contributed by atoms with van der Waals surface area (Å²) in [5.74, 6) is 1.30. The third-order valence-corrected chi connectivity index (χ3v) is 4.23. The maximum Gasteiger partial charge on any atom is 0.154 e. The van der Waals surface area contributed by atoms with Crippen LogP contribution in [0.4, 0.5) is 0 Å². The van der Waals surface area contributed by atoms with Crippen molar-refractivity contribution in [2.75, 3.05) is 0 Å². The minimum absolute atomic E-state index is 0.307. The normalized spacial score (nSPS) is 10.5. The fourth-order valence-electron chi connectivity index (χ4n) is 1.88. The average Bonchev–Trinajstić information content (AvgIpc) is 3.08. The molecule has 2 heterocycles. The molecule has 0 amide bonds. The Morgan fingerprint density at radius 2 is 2.00 bits per heavy atom. The van der Waals surface area contributed by atoms with Crippen molar-refractivity contribution in [1.29, 1.82) is 5.26 Å². The fraction of sp³-hybridized carbons (Fsp3) is 0.0667. The zero-order valence-corrected chi connectivity index (χ0v) is 13.0. The van der Waals surface area contributed by atoms with Crippen LogP contribution in [0.3, 0.4) is 0 Å². The fourth-order valence-corrected chi connectivity index (χ4v) is 3.10. The van der Waals surface area contributed by atoms with Gasteiger partial charge in [-0.2, -0.15) is 5.26 Å². The summed E-state index contributed by atoms with van der Waals surface area (Å²) in [7, 11) is 0. The van der Waals surface area contributed by atoms with Crippen molar-refractivity contribution in [3.8, 4) is 28.8 Å². The van der Waals surface area contributed by atoms with Crippen molar-refractivity contribution in [1.82, 2.24) is 4.98 Å². The van der Waals surface area contributed by atoms with Crippen molar-refractivity contribution in [2.24, 2.45) is 0 Å². The third-order valence-electron chi connectivity index (χ3n) is 2.84. The topological polar surface area (TPSA) is 49.8 Å². The molecule has 0 aliphatic heterocycles. The van der Waals surface area contributed by atoms with Crippen LogP contribution in [0.1, 0.15) is 5.01 Å². The van der Waals surface area contributed by atoms with Gasteiger partial charge in [0.1, 0.15) is 16.5 Å². The Bertz CT molecular complexity index is 832. The second kappa shape index (κ2) is 5.90. The number of hydrogen-bond donors (Lipinski definition) is 0. The van der Waals surface area contributed by atoms with E-state index in [1.165, 1.54) is 11.3 Å². The van der Waals surface area contributed by atoms with Gasteiger partial charge in [0.2, 0.25) is 0 Å². The second-order valence-corrected chi connectivity index (χ2v) is 6.04. The lowest BCUT2D eigenvalue weighted by molar-refractivity contribution is 0.595. The SMILES string of the molecule is N#CCc1nc(-c2ccc(-c3ccc(Cl)cc3Cl)o2)cs1. The first-order chi connectivity index (χ1) is 10.2. The summed E-state index contributed by atoms with van der Waals surface area (Å²) in [4.78, 5) is 4.36. The van der Waals surface area contributed by atoms with Gasteiger partial charge in [-0.15, -0.1) is 11.3 Å². The Labute approximate surface area is 135 Å². The molecule has 0 aliphatic carbocycles. The summed E-state index contributed by atoms with van der Waals surface area (Å²) in [6.07, 6.45) is 0.307. The van der Waals surface area contributed by atoms with E-state index in [4.69, 9.17) is 32.9 Å². The summed E-state index contributed by atoms with van der Waals surface area (Å²) in [6.45, 7) is 0. The van der Waals surface area contributed by atoms with Crippen LogP contribution in [0.5, 0.6) is 0 Å². The largest absolute Gasteiger partial charge is 0.454 e. The summed E-state index contributed by atoms with van der Waals surface area (Å²) >= 11 is 13.5. The van der Waals surface area contributed by atoms with Gasteiger partial charge in [-0.05, 0) is 30.3 Å². The van der Waals surface area contributed by atoms with E-state index >= 15 is 0 Å².